The summed E-state index contributed by atoms with van der Waals surface area (Å²) in [7, 11) is -4.02. The second kappa shape index (κ2) is 13.3. The predicted molar refractivity (Wildman–Crippen MR) is 164 cm³/mol. The topological polar surface area (TPSA) is 154 Å². The Balaban J connectivity index is 1.46. The molecule has 9 nitrogen and oxygen atoms in total. The minimum atomic E-state index is -4.02. The standard InChI is InChI=1S/C32H39N5O4S/c1-32(2,31(39)35-21-22-13-15-26(16-14-22)29(33)34)36-30(38)28(25-11-7-4-8-12-25)37-42(40,41)27-19-17-24(18-20-27)23-9-5-3-6-10-23/h3,5-6,9-10,13-20,25,28,37H,4,7-8,11-12,21H2,1-2H3,(H3,33,34)(H,35,39)(H,36,38)/t28-/m1/s1. The highest BCUT2D eigenvalue weighted by Crippen LogP contribution is 2.28. The van der Waals surface area contributed by atoms with Gasteiger partial charge in [0.1, 0.15) is 17.4 Å². The van der Waals surface area contributed by atoms with Crippen molar-refractivity contribution in [3.05, 3.63) is 90.0 Å². The summed E-state index contributed by atoms with van der Waals surface area (Å²) in [6.07, 6.45) is 4.30. The maximum atomic E-state index is 13.6. The largest absolute Gasteiger partial charge is 0.384 e. The summed E-state index contributed by atoms with van der Waals surface area (Å²) < 4.78 is 29.6. The van der Waals surface area contributed by atoms with E-state index in [0.717, 1.165) is 48.8 Å². The molecule has 2 amide bonds. The van der Waals surface area contributed by atoms with Crippen LogP contribution in [0.25, 0.3) is 11.1 Å². The van der Waals surface area contributed by atoms with Gasteiger partial charge in [0.2, 0.25) is 21.8 Å². The molecule has 0 heterocycles. The van der Waals surface area contributed by atoms with Crippen LogP contribution in [0.3, 0.4) is 0 Å². The van der Waals surface area contributed by atoms with Crippen molar-refractivity contribution in [1.29, 1.82) is 5.41 Å². The van der Waals surface area contributed by atoms with E-state index in [2.05, 4.69) is 15.4 Å². The quantitative estimate of drug-likeness (QED) is 0.168. The van der Waals surface area contributed by atoms with E-state index in [1.165, 1.54) is 0 Å². The number of sulfonamides is 1. The van der Waals surface area contributed by atoms with E-state index in [1.54, 1.807) is 62.4 Å². The molecule has 1 aliphatic carbocycles. The van der Waals surface area contributed by atoms with Crippen molar-refractivity contribution in [2.75, 3.05) is 0 Å². The van der Waals surface area contributed by atoms with Crippen molar-refractivity contribution in [3.8, 4) is 11.1 Å². The third kappa shape index (κ3) is 7.83. The van der Waals surface area contributed by atoms with Crippen molar-refractivity contribution in [1.82, 2.24) is 15.4 Å². The molecule has 42 heavy (non-hydrogen) atoms. The monoisotopic (exact) mass is 589 g/mol. The molecule has 222 valence electrons. The van der Waals surface area contributed by atoms with Crippen LogP contribution in [0.15, 0.2) is 83.8 Å². The smallest absolute Gasteiger partial charge is 0.245 e. The van der Waals surface area contributed by atoms with Gasteiger partial charge in [-0.1, -0.05) is 86.0 Å². The van der Waals surface area contributed by atoms with E-state index in [4.69, 9.17) is 11.1 Å². The molecule has 0 spiro atoms. The summed E-state index contributed by atoms with van der Waals surface area (Å²) in [5.74, 6) is -1.16. The summed E-state index contributed by atoms with van der Waals surface area (Å²) in [5, 5.41) is 13.1. The lowest BCUT2D eigenvalue weighted by molar-refractivity contribution is -0.133. The van der Waals surface area contributed by atoms with Crippen LogP contribution < -0.4 is 21.1 Å². The fourth-order valence-electron chi connectivity index (χ4n) is 5.17. The van der Waals surface area contributed by atoms with Crippen LogP contribution in [0.2, 0.25) is 0 Å². The molecule has 6 N–H and O–H groups in total. The summed E-state index contributed by atoms with van der Waals surface area (Å²) in [4.78, 5) is 26.8. The lowest BCUT2D eigenvalue weighted by atomic mass is 9.83. The normalized spacial score (nSPS) is 15.0. The third-order valence-corrected chi connectivity index (χ3v) is 9.14. The van der Waals surface area contributed by atoms with Gasteiger partial charge in [0.15, 0.2) is 0 Å². The zero-order chi connectivity index (χ0) is 30.3. The molecule has 0 aromatic heterocycles. The molecule has 3 aromatic rings. The molecule has 0 radical (unpaired) electrons. The number of hydrogen-bond donors (Lipinski definition) is 5. The maximum absolute atomic E-state index is 13.6. The van der Waals surface area contributed by atoms with Gasteiger partial charge in [0.05, 0.1) is 4.90 Å². The van der Waals surface area contributed by atoms with E-state index in [-0.39, 0.29) is 23.2 Å². The van der Waals surface area contributed by atoms with Gasteiger partial charge in [-0.3, -0.25) is 15.0 Å². The summed E-state index contributed by atoms with van der Waals surface area (Å²) in [6.45, 7) is 3.40. The highest BCUT2D eigenvalue weighted by atomic mass is 32.2. The van der Waals surface area contributed by atoms with E-state index >= 15 is 0 Å². The lowest BCUT2D eigenvalue weighted by Crippen LogP contribution is -2.60. The molecule has 0 bridgehead atoms. The number of carbonyl (C=O) groups is 2. The van der Waals surface area contributed by atoms with Crippen molar-refractivity contribution in [3.63, 3.8) is 0 Å². The van der Waals surface area contributed by atoms with E-state index in [0.29, 0.717) is 5.56 Å². The number of nitrogens with one attached hydrogen (secondary N) is 4. The minimum absolute atomic E-state index is 0.0400. The molecule has 1 saturated carbocycles. The highest BCUT2D eigenvalue weighted by Gasteiger charge is 2.38. The maximum Gasteiger partial charge on any atom is 0.245 e. The first kappa shape index (κ1) is 30.9. The van der Waals surface area contributed by atoms with Gasteiger partial charge in [-0.05, 0) is 61.4 Å². The van der Waals surface area contributed by atoms with Gasteiger partial charge in [-0.15, -0.1) is 0 Å². The van der Waals surface area contributed by atoms with Crippen LogP contribution in [-0.2, 0) is 26.2 Å². The Morgan fingerprint density at radius 3 is 2.10 bits per heavy atom. The van der Waals surface area contributed by atoms with Gasteiger partial charge in [0.25, 0.3) is 0 Å². The van der Waals surface area contributed by atoms with Crippen molar-refractivity contribution in [2.24, 2.45) is 11.7 Å². The SMILES string of the molecule is CC(C)(NC(=O)[C@H](NS(=O)(=O)c1ccc(-c2ccccc2)cc1)C1CCCCC1)C(=O)NCc1ccc(C(=N)N)cc1. The van der Waals surface area contributed by atoms with Crippen molar-refractivity contribution < 1.29 is 18.0 Å². The molecule has 1 aliphatic rings. The summed E-state index contributed by atoms with van der Waals surface area (Å²) >= 11 is 0. The molecule has 0 unspecified atom stereocenters. The fraction of sp³-hybridized carbons (Fsp3) is 0.344. The zero-order valence-electron chi connectivity index (χ0n) is 24.0. The molecular weight excluding hydrogens is 550 g/mol. The zero-order valence-corrected chi connectivity index (χ0v) is 24.8. The molecule has 0 aliphatic heterocycles. The van der Waals surface area contributed by atoms with E-state index in [1.807, 2.05) is 30.3 Å². The third-order valence-electron chi connectivity index (χ3n) is 7.68. The Hall–Kier alpha value is -4.02. The Kier molecular flexibility index (Phi) is 9.80. The molecular formula is C32H39N5O4S. The molecule has 1 atom stereocenters. The van der Waals surface area contributed by atoms with Gasteiger partial charge in [-0.2, -0.15) is 4.72 Å². The minimum Gasteiger partial charge on any atom is -0.384 e. The van der Waals surface area contributed by atoms with Crippen LogP contribution in [0.5, 0.6) is 0 Å². The van der Waals surface area contributed by atoms with Gasteiger partial charge in [0, 0.05) is 12.1 Å². The van der Waals surface area contributed by atoms with Gasteiger partial charge < -0.3 is 16.4 Å². The first-order chi connectivity index (χ1) is 20.0. The summed E-state index contributed by atoms with van der Waals surface area (Å²) in [6, 6.07) is 22.2. The van der Waals surface area contributed by atoms with E-state index < -0.39 is 33.4 Å². The number of nitrogen functional groups attached to an aromatic ring is 1. The average Bonchev–Trinajstić information content (AvgIpc) is 2.99. The predicted octanol–water partition coefficient (Wildman–Crippen LogP) is 4.08. The number of carbonyl (C=O) groups excluding carboxylic acids is 2. The molecule has 4 rings (SSSR count). The molecule has 1 fully saturated rings. The second-order valence-electron chi connectivity index (χ2n) is 11.3. The highest BCUT2D eigenvalue weighted by molar-refractivity contribution is 7.89. The molecule has 3 aromatic carbocycles. The van der Waals surface area contributed by atoms with Gasteiger partial charge >= 0.3 is 0 Å². The Morgan fingerprint density at radius 2 is 1.50 bits per heavy atom. The average molecular weight is 590 g/mol. The number of benzene rings is 3. The van der Waals surface area contributed by atoms with Crippen LogP contribution in [0.4, 0.5) is 0 Å². The Bertz CT molecular complexity index is 1500. The Morgan fingerprint density at radius 1 is 0.905 bits per heavy atom. The number of hydrogen-bond acceptors (Lipinski definition) is 5. The lowest BCUT2D eigenvalue weighted by Gasteiger charge is -2.33. The first-order valence-corrected chi connectivity index (χ1v) is 15.7. The van der Waals surface area contributed by atoms with Crippen LogP contribution >= 0.6 is 0 Å². The van der Waals surface area contributed by atoms with Crippen molar-refractivity contribution >= 4 is 27.7 Å². The number of amides is 2. The summed E-state index contributed by atoms with van der Waals surface area (Å²) in [5.41, 5.74) is 7.45. The van der Waals surface area contributed by atoms with Crippen molar-refractivity contribution in [2.45, 2.75) is 69.0 Å². The van der Waals surface area contributed by atoms with E-state index in [9.17, 15) is 18.0 Å². The molecule has 10 heteroatoms. The van der Waals surface area contributed by atoms with Crippen LogP contribution in [-0.4, -0.2) is 37.6 Å². The number of rotatable bonds is 11. The molecule has 0 saturated heterocycles. The Labute approximate surface area is 247 Å². The van der Waals surface area contributed by atoms with Crippen LogP contribution in [0.1, 0.15) is 57.1 Å². The van der Waals surface area contributed by atoms with Crippen LogP contribution in [0, 0.1) is 11.3 Å². The van der Waals surface area contributed by atoms with Gasteiger partial charge in [-0.25, -0.2) is 8.42 Å². The number of amidine groups is 1. The second-order valence-corrected chi connectivity index (χ2v) is 13.0. The fourth-order valence-corrected chi connectivity index (χ4v) is 6.44. The number of nitrogens with two attached hydrogens (primary N) is 1. The first-order valence-electron chi connectivity index (χ1n) is 14.2.